The van der Waals surface area contributed by atoms with Gasteiger partial charge in [-0.2, -0.15) is 13.2 Å². The number of aliphatic hydroxyl groups is 1. The first kappa shape index (κ1) is 11.3. The van der Waals surface area contributed by atoms with Crippen LogP contribution in [0, 0.1) is 0 Å². The lowest BCUT2D eigenvalue weighted by atomic mass is 9.93. The molecule has 1 aromatic carbocycles. The van der Waals surface area contributed by atoms with Gasteiger partial charge in [-0.15, -0.1) is 0 Å². The lowest BCUT2D eigenvalue weighted by molar-refractivity contribution is -0.258. The van der Waals surface area contributed by atoms with Gasteiger partial charge in [0.2, 0.25) is 0 Å². The molecule has 1 unspecified atom stereocenters. The fraction of sp³-hybridized carbons (Fsp3) is 0.455. The first-order chi connectivity index (χ1) is 7.32. The highest BCUT2D eigenvalue weighted by atomic mass is 19.4. The summed E-state index contributed by atoms with van der Waals surface area (Å²) in [6.07, 6.45) is -3.97. The van der Waals surface area contributed by atoms with Gasteiger partial charge in [0.1, 0.15) is 0 Å². The zero-order chi connectivity index (χ0) is 12.0. The number of nitrogens with one attached hydrogen (secondary N) is 1. The van der Waals surface area contributed by atoms with Crippen LogP contribution < -0.4 is 5.32 Å². The SMILES string of the molecule is CC(O)(c1ccc2c(c1)CCN2)C(F)(F)F. The van der Waals surface area contributed by atoms with Crippen LogP contribution in [-0.4, -0.2) is 17.8 Å². The summed E-state index contributed by atoms with van der Waals surface area (Å²) in [5, 5.41) is 12.6. The second-order valence-electron chi connectivity index (χ2n) is 4.12. The second kappa shape index (κ2) is 3.38. The molecule has 0 bridgehead atoms. The molecule has 2 N–H and O–H groups in total. The molecule has 0 aromatic heterocycles. The summed E-state index contributed by atoms with van der Waals surface area (Å²) < 4.78 is 37.8. The van der Waals surface area contributed by atoms with Gasteiger partial charge in [-0.05, 0) is 30.5 Å². The van der Waals surface area contributed by atoms with Gasteiger partial charge in [0.15, 0.2) is 5.60 Å². The van der Waals surface area contributed by atoms with Crippen molar-refractivity contribution in [1.82, 2.24) is 0 Å². The molecule has 16 heavy (non-hydrogen) atoms. The molecule has 0 amide bonds. The summed E-state index contributed by atoms with van der Waals surface area (Å²) in [5.41, 5.74) is -1.23. The van der Waals surface area contributed by atoms with Crippen LogP contribution in [-0.2, 0) is 12.0 Å². The minimum absolute atomic E-state index is 0.109. The molecule has 0 saturated carbocycles. The van der Waals surface area contributed by atoms with Crippen LogP contribution in [0.3, 0.4) is 0 Å². The predicted octanol–water partition coefficient (Wildman–Crippen LogP) is 2.42. The third kappa shape index (κ3) is 1.65. The molecule has 1 aliphatic rings. The highest BCUT2D eigenvalue weighted by Crippen LogP contribution is 2.39. The Morgan fingerprint density at radius 1 is 1.31 bits per heavy atom. The summed E-state index contributed by atoms with van der Waals surface area (Å²) in [6, 6.07) is 4.31. The molecule has 0 fully saturated rings. The Balaban J connectivity index is 2.42. The van der Waals surface area contributed by atoms with E-state index in [0.29, 0.717) is 6.42 Å². The minimum Gasteiger partial charge on any atom is -0.384 e. The zero-order valence-electron chi connectivity index (χ0n) is 8.73. The van der Waals surface area contributed by atoms with Crippen molar-refractivity contribution in [2.24, 2.45) is 0 Å². The van der Waals surface area contributed by atoms with Crippen LogP contribution in [0.4, 0.5) is 18.9 Å². The van der Waals surface area contributed by atoms with Gasteiger partial charge >= 0.3 is 6.18 Å². The van der Waals surface area contributed by atoms with Gasteiger partial charge in [0, 0.05) is 12.2 Å². The summed E-state index contributed by atoms with van der Waals surface area (Å²) >= 11 is 0. The number of alkyl halides is 3. The van der Waals surface area contributed by atoms with Crippen molar-refractivity contribution in [3.05, 3.63) is 29.3 Å². The van der Waals surface area contributed by atoms with Crippen LogP contribution in [0.2, 0.25) is 0 Å². The summed E-state index contributed by atoms with van der Waals surface area (Å²) in [6.45, 7) is 1.50. The average Bonchev–Trinajstić information content (AvgIpc) is 2.61. The van der Waals surface area contributed by atoms with E-state index in [4.69, 9.17) is 0 Å². The van der Waals surface area contributed by atoms with E-state index in [9.17, 15) is 18.3 Å². The number of rotatable bonds is 1. The van der Waals surface area contributed by atoms with Crippen molar-refractivity contribution >= 4 is 5.69 Å². The van der Waals surface area contributed by atoms with Crippen molar-refractivity contribution in [2.75, 3.05) is 11.9 Å². The van der Waals surface area contributed by atoms with E-state index < -0.39 is 11.8 Å². The number of fused-ring (bicyclic) bond motifs is 1. The molecular weight excluding hydrogens is 219 g/mol. The molecule has 0 spiro atoms. The molecule has 5 heteroatoms. The van der Waals surface area contributed by atoms with E-state index in [2.05, 4.69) is 5.32 Å². The normalized spacial score (nSPS) is 18.8. The number of hydrogen-bond donors (Lipinski definition) is 2. The monoisotopic (exact) mass is 231 g/mol. The van der Waals surface area contributed by atoms with Gasteiger partial charge in [0.05, 0.1) is 0 Å². The largest absolute Gasteiger partial charge is 0.421 e. The Labute approximate surface area is 91.1 Å². The zero-order valence-corrected chi connectivity index (χ0v) is 8.73. The maximum absolute atomic E-state index is 12.6. The van der Waals surface area contributed by atoms with Crippen LogP contribution >= 0.6 is 0 Å². The lowest BCUT2D eigenvalue weighted by Crippen LogP contribution is -2.39. The molecular formula is C11H12F3NO. The quantitative estimate of drug-likeness (QED) is 0.778. The Kier molecular flexibility index (Phi) is 2.38. The van der Waals surface area contributed by atoms with E-state index >= 15 is 0 Å². The van der Waals surface area contributed by atoms with E-state index in [1.54, 1.807) is 6.07 Å². The highest BCUT2D eigenvalue weighted by Gasteiger charge is 2.51. The molecule has 1 aliphatic heterocycles. The van der Waals surface area contributed by atoms with Crippen molar-refractivity contribution in [2.45, 2.75) is 25.1 Å². The second-order valence-corrected chi connectivity index (χ2v) is 4.12. The predicted molar refractivity (Wildman–Crippen MR) is 54.3 cm³/mol. The summed E-state index contributed by atoms with van der Waals surface area (Å²) in [4.78, 5) is 0. The van der Waals surface area contributed by atoms with Gasteiger partial charge in [-0.3, -0.25) is 0 Å². The first-order valence-corrected chi connectivity index (χ1v) is 4.99. The number of hydrogen-bond acceptors (Lipinski definition) is 2. The van der Waals surface area contributed by atoms with Crippen molar-refractivity contribution < 1.29 is 18.3 Å². The van der Waals surface area contributed by atoms with Gasteiger partial charge in [0.25, 0.3) is 0 Å². The third-order valence-corrected chi connectivity index (χ3v) is 2.93. The molecule has 0 aliphatic carbocycles. The molecule has 1 aromatic rings. The summed E-state index contributed by atoms with van der Waals surface area (Å²) in [7, 11) is 0. The van der Waals surface area contributed by atoms with Crippen LogP contribution in [0.15, 0.2) is 18.2 Å². The fourth-order valence-electron chi connectivity index (χ4n) is 1.77. The lowest BCUT2D eigenvalue weighted by Gasteiger charge is -2.27. The summed E-state index contributed by atoms with van der Waals surface area (Å²) in [5.74, 6) is 0. The van der Waals surface area contributed by atoms with Crippen LogP contribution in [0.1, 0.15) is 18.1 Å². The molecule has 1 atom stereocenters. The molecule has 88 valence electrons. The molecule has 0 saturated heterocycles. The first-order valence-electron chi connectivity index (χ1n) is 4.99. The topological polar surface area (TPSA) is 32.3 Å². The molecule has 2 rings (SSSR count). The van der Waals surface area contributed by atoms with E-state index in [1.807, 2.05) is 0 Å². The minimum atomic E-state index is -4.66. The van der Waals surface area contributed by atoms with Gasteiger partial charge < -0.3 is 10.4 Å². The molecule has 1 heterocycles. The maximum Gasteiger partial charge on any atom is 0.421 e. The van der Waals surface area contributed by atoms with Crippen molar-refractivity contribution in [3.63, 3.8) is 0 Å². The average molecular weight is 231 g/mol. The van der Waals surface area contributed by atoms with E-state index in [1.165, 1.54) is 12.1 Å². The van der Waals surface area contributed by atoms with Crippen LogP contribution in [0.5, 0.6) is 0 Å². The van der Waals surface area contributed by atoms with Crippen molar-refractivity contribution in [3.8, 4) is 0 Å². The fourth-order valence-corrected chi connectivity index (χ4v) is 1.77. The Hall–Kier alpha value is -1.23. The van der Waals surface area contributed by atoms with Gasteiger partial charge in [-0.1, -0.05) is 12.1 Å². The maximum atomic E-state index is 12.6. The van der Waals surface area contributed by atoms with Gasteiger partial charge in [-0.25, -0.2) is 0 Å². The van der Waals surface area contributed by atoms with E-state index in [-0.39, 0.29) is 5.56 Å². The number of benzene rings is 1. The van der Waals surface area contributed by atoms with Crippen LogP contribution in [0.25, 0.3) is 0 Å². The molecule has 0 radical (unpaired) electrons. The highest BCUT2D eigenvalue weighted by molar-refractivity contribution is 5.57. The Bertz CT molecular complexity index is 412. The van der Waals surface area contributed by atoms with Crippen molar-refractivity contribution in [1.29, 1.82) is 0 Å². The number of halogens is 3. The third-order valence-electron chi connectivity index (χ3n) is 2.93. The Morgan fingerprint density at radius 2 is 2.00 bits per heavy atom. The molecule has 2 nitrogen and oxygen atoms in total. The van der Waals surface area contributed by atoms with E-state index in [0.717, 1.165) is 24.7 Å². The smallest absolute Gasteiger partial charge is 0.384 e. The standard InChI is InChI=1S/C11H12F3NO/c1-10(16,11(12,13)14)8-2-3-9-7(6-8)4-5-15-9/h2-3,6,15-16H,4-5H2,1H3. The Morgan fingerprint density at radius 3 is 2.62 bits per heavy atom. The number of anilines is 1.